The molecule has 0 aliphatic carbocycles. The fraction of sp³-hybridized carbons (Fsp3) is 0.310. The first-order chi connectivity index (χ1) is 18.9. The first-order valence-electron chi connectivity index (χ1n) is 12.8. The zero-order chi connectivity index (χ0) is 28.0. The van der Waals surface area contributed by atoms with E-state index in [1.54, 1.807) is 0 Å². The van der Waals surface area contributed by atoms with E-state index in [1.165, 1.54) is 24.3 Å². The van der Waals surface area contributed by atoms with Gasteiger partial charge in [0, 0.05) is 11.6 Å². The van der Waals surface area contributed by atoms with Crippen molar-refractivity contribution in [3.8, 4) is 11.3 Å². The summed E-state index contributed by atoms with van der Waals surface area (Å²) in [6.45, 7) is 2.13. The van der Waals surface area contributed by atoms with E-state index in [0.717, 1.165) is 42.0 Å². The van der Waals surface area contributed by atoms with Crippen molar-refractivity contribution in [2.24, 2.45) is 5.92 Å². The Morgan fingerprint density at radius 2 is 1.82 bits per heavy atom. The van der Waals surface area contributed by atoms with Crippen LogP contribution in [0.3, 0.4) is 0 Å². The van der Waals surface area contributed by atoms with E-state index in [0.29, 0.717) is 12.8 Å². The molecule has 0 aliphatic rings. The molecular weight excluding hydrogens is 506 g/mol. The molecule has 3 rings (SSSR count). The van der Waals surface area contributed by atoms with Crippen LogP contribution in [0.4, 0.5) is 8.78 Å². The Morgan fingerprint density at radius 1 is 1.03 bits per heavy atom. The van der Waals surface area contributed by atoms with Crippen LogP contribution in [0.25, 0.3) is 11.3 Å². The van der Waals surface area contributed by atoms with E-state index in [-0.39, 0.29) is 42.7 Å². The molecule has 2 N–H and O–H groups in total. The van der Waals surface area contributed by atoms with Crippen molar-refractivity contribution >= 4 is 18.2 Å². The number of hydrogen-bond acceptors (Lipinski definition) is 5. The minimum atomic E-state index is -0.793. The van der Waals surface area contributed by atoms with Crippen molar-refractivity contribution in [3.63, 3.8) is 0 Å². The molecular formula is C29H32F2N4O4. The highest BCUT2D eigenvalue weighted by molar-refractivity contribution is 5.93. The Balaban J connectivity index is 1.56. The number of pyridine rings is 1. The third kappa shape index (κ3) is 9.26. The van der Waals surface area contributed by atoms with Crippen molar-refractivity contribution in [2.75, 3.05) is 13.2 Å². The zero-order valence-electron chi connectivity index (χ0n) is 21.7. The van der Waals surface area contributed by atoms with Gasteiger partial charge in [-0.05, 0) is 36.2 Å². The molecule has 1 heterocycles. The molecule has 206 valence electrons. The molecule has 0 fully saturated rings. The van der Waals surface area contributed by atoms with Gasteiger partial charge < -0.3 is 10.6 Å². The van der Waals surface area contributed by atoms with Crippen molar-refractivity contribution in [2.45, 2.75) is 39.2 Å². The molecule has 0 unspecified atom stereocenters. The Bertz CT molecular complexity index is 1240. The van der Waals surface area contributed by atoms with E-state index in [2.05, 4.69) is 22.5 Å². The Labute approximate surface area is 226 Å². The topological polar surface area (TPSA) is 101 Å². The van der Waals surface area contributed by atoms with Gasteiger partial charge in [0.2, 0.25) is 12.3 Å². The Kier molecular flexibility index (Phi) is 11.5. The van der Waals surface area contributed by atoms with Crippen LogP contribution in [0.1, 0.15) is 48.7 Å². The lowest BCUT2D eigenvalue weighted by Crippen LogP contribution is -2.43. The van der Waals surface area contributed by atoms with Crippen LogP contribution in [-0.4, -0.2) is 41.5 Å². The molecule has 0 radical (unpaired) electrons. The third-order valence-electron chi connectivity index (χ3n) is 5.99. The highest BCUT2D eigenvalue weighted by Crippen LogP contribution is 2.22. The molecule has 10 heteroatoms. The number of unbranched alkanes of at least 4 members (excludes halogenated alkanes) is 2. The van der Waals surface area contributed by atoms with E-state index in [1.807, 2.05) is 30.3 Å². The summed E-state index contributed by atoms with van der Waals surface area (Å²) in [6, 6.07) is 17.0. The van der Waals surface area contributed by atoms with Gasteiger partial charge in [-0.1, -0.05) is 62.6 Å². The molecule has 39 heavy (non-hydrogen) atoms. The SMILES string of the molecule is CCCCC[C@H](CN(C=O)OCc1ccccc1)C(=O)NCNC(=O)c1cccc(-c2ccc(F)cc2F)n1. The number of amides is 3. The number of nitrogens with one attached hydrogen (secondary N) is 2. The van der Waals surface area contributed by atoms with Gasteiger partial charge in [0.25, 0.3) is 5.91 Å². The van der Waals surface area contributed by atoms with Gasteiger partial charge in [0.1, 0.15) is 23.9 Å². The second-order valence-corrected chi connectivity index (χ2v) is 8.91. The van der Waals surface area contributed by atoms with Gasteiger partial charge in [-0.2, -0.15) is 0 Å². The molecule has 1 aromatic heterocycles. The summed E-state index contributed by atoms with van der Waals surface area (Å²) in [4.78, 5) is 46.9. The highest BCUT2D eigenvalue weighted by Gasteiger charge is 2.22. The first-order valence-corrected chi connectivity index (χ1v) is 12.8. The van der Waals surface area contributed by atoms with Crippen molar-refractivity contribution in [1.82, 2.24) is 20.7 Å². The summed E-state index contributed by atoms with van der Waals surface area (Å²) in [5.74, 6) is -2.97. The van der Waals surface area contributed by atoms with Gasteiger partial charge in [0.05, 0.1) is 24.8 Å². The number of carbonyl (C=O) groups is 3. The lowest BCUT2D eigenvalue weighted by atomic mass is 10.0. The van der Waals surface area contributed by atoms with Gasteiger partial charge in [-0.25, -0.2) is 18.8 Å². The number of rotatable bonds is 15. The maximum atomic E-state index is 14.1. The maximum Gasteiger partial charge on any atom is 0.271 e. The normalized spacial score (nSPS) is 11.5. The number of aromatic nitrogens is 1. The number of hydrogen-bond donors (Lipinski definition) is 2. The summed E-state index contributed by atoms with van der Waals surface area (Å²) < 4.78 is 27.4. The van der Waals surface area contributed by atoms with Crippen LogP contribution >= 0.6 is 0 Å². The number of benzene rings is 2. The number of hydroxylamine groups is 2. The molecule has 8 nitrogen and oxygen atoms in total. The smallest absolute Gasteiger partial charge is 0.271 e. The zero-order valence-corrected chi connectivity index (χ0v) is 21.7. The lowest BCUT2D eigenvalue weighted by molar-refractivity contribution is -0.182. The molecule has 0 saturated carbocycles. The molecule has 3 aromatic rings. The average molecular weight is 539 g/mol. The number of halogens is 2. The molecule has 0 aliphatic heterocycles. The van der Waals surface area contributed by atoms with Gasteiger partial charge in [0.15, 0.2) is 0 Å². The van der Waals surface area contributed by atoms with Crippen LogP contribution in [0, 0.1) is 17.6 Å². The predicted octanol–water partition coefficient (Wildman–Crippen LogP) is 4.62. The molecule has 3 amide bonds. The van der Waals surface area contributed by atoms with Crippen molar-refractivity contribution in [3.05, 3.63) is 89.6 Å². The number of carbonyl (C=O) groups excluding carboxylic acids is 3. The fourth-order valence-corrected chi connectivity index (χ4v) is 3.88. The van der Waals surface area contributed by atoms with E-state index in [4.69, 9.17) is 4.84 Å². The van der Waals surface area contributed by atoms with Gasteiger partial charge in [-0.15, -0.1) is 0 Å². The van der Waals surface area contributed by atoms with Crippen molar-refractivity contribution < 1.29 is 28.0 Å². The van der Waals surface area contributed by atoms with Crippen LogP contribution < -0.4 is 10.6 Å². The molecule has 2 aromatic carbocycles. The third-order valence-corrected chi connectivity index (χ3v) is 5.99. The average Bonchev–Trinajstić information content (AvgIpc) is 2.95. The monoisotopic (exact) mass is 538 g/mol. The minimum Gasteiger partial charge on any atom is -0.338 e. The predicted molar refractivity (Wildman–Crippen MR) is 142 cm³/mol. The van der Waals surface area contributed by atoms with Gasteiger partial charge >= 0.3 is 0 Å². The molecule has 0 bridgehead atoms. The molecule has 1 atom stereocenters. The van der Waals surface area contributed by atoms with E-state index < -0.39 is 23.5 Å². The molecule has 0 saturated heterocycles. The summed E-state index contributed by atoms with van der Waals surface area (Å²) in [5, 5.41) is 6.36. The van der Waals surface area contributed by atoms with E-state index >= 15 is 0 Å². The Morgan fingerprint density at radius 3 is 2.54 bits per heavy atom. The minimum absolute atomic E-state index is 0.00594. The quantitative estimate of drug-likeness (QED) is 0.127. The van der Waals surface area contributed by atoms with Crippen molar-refractivity contribution in [1.29, 1.82) is 0 Å². The lowest BCUT2D eigenvalue weighted by Gasteiger charge is -2.23. The van der Waals surface area contributed by atoms with Gasteiger partial charge in [-0.3, -0.25) is 19.2 Å². The molecule has 0 spiro atoms. The van der Waals surface area contributed by atoms with Crippen LogP contribution in [0.15, 0.2) is 66.7 Å². The summed E-state index contributed by atoms with van der Waals surface area (Å²) >= 11 is 0. The summed E-state index contributed by atoms with van der Waals surface area (Å²) in [5.41, 5.74) is 1.12. The van der Waals surface area contributed by atoms with Crippen LogP contribution in [0.5, 0.6) is 0 Å². The Hall–Kier alpha value is -4.18. The first kappa shape index (κ1) is 29.4. The maximum absolute atomic E-state index is 14.1. The van der Waals surface area contributed by atoms with Crippen LogP contribution in [-0.2, 0) is 21.0 Å². The second kappa shape index (κ2) is 15.3. The summed E-state index contributed by atoms with van der Waals surface area (Å²) in [6.07, 6.45) is 3.79. The van der Waals surface area contributed by atoms with E-state index in [9.17, 15) is 23.2 Å². The largest absolute Gasteiger partial charge is 0.338 e. The standard InChI is InChI=1S/C29H32F2N4O4/c1-2-3-5-11-22(17-35(20-36)39-18-21-9-6-4-7-10-21)28(37)32-19-33-29(38)27-13-8-12-26(34-27)24-15-14-23(30)16-25(24)31/h4,6-10,12-16,20,22H,2-3,5,11,17-19H2,1H3,(H,32,37)(H,33,38)/t22-/m1/s1. The second-order valence-electron chi connectivity index (χ2n) is 8.91. The highest BCUT2D eigenvalue weighted by atomic mass is 19.1. The summed E-state index contributed by atoms with van der Waals surface area (Å²) in [7, 11) is 0. The number of nitrogens with zero attached hydrogens (tertiary/aromatic N) is 2. The fourth-order valence-electron chi connectivity index (χ4n) is 3.88. The van der Waals surface area contributed by atoms with Crippen LogP contribution in [0.2, 0.25) is 0 Å².